The molecule has 0 amide bonds. The molecule has 0 bridgehead atoms. The molecule has 0 aliphatic rings. The highest BCUT2D eigenvalue weighted by Crippen LogP contribution is 2.40. The van der Waals surface area contributed by atoms with E-state index < -0.39 is 23.1 Å². The van der Waals surface area contributed by atoms with E-state index in [0.717, 1.165) is 6.07 Å². The lowest BCUT2D eigenvalue weighted by molar-refractivity contribution is -0.0565. The summed E-state index contributed by atoms with van der Waals surface area (Å²) in [5.41, 5.74) is -1.78. The Morgan fingerprint density at radius 3 is 1.83 bits per heavy atom. The van der Waals surface area contributed by atoms with Crippen LogP contribution in [0.5, 0.6) is 0 Å². The quantitative estimate of drug-likeness (QED) is 0.646. The van der Waals surface area contributed by atoms with Crippen molar-refractivity contribution >= 4 is 15.9 Å². The first-order valence-corrected chi connectivity index (χ1v) is 6.49. The molecule has 0 aliphatic carbocycles. The van der Waals surface area contributed by atoms with E-state index in [1.807, 2.05) is 0 Å². The number of benzene rings is 1. The Morgan fingerprint density at radius 2 is 1.44 bits per heavy atom. The molecule has 1 aromatic carbocycles. The monoisotopic (exact) mass is 324 g/mol. The van der Waals surface area contributed by atoms with Crippen LogP contribution >= 0.6 is 15.9 Å². The topological polar surface area (TPSA) is 20.2 Å². The summed E-state index contributed by atoms with van der Waals surface area (Å²) in [6, 6.07) is 1.10. The van der Waals surface area contributed by atoms with E-state index in [1.165, 1.54) is 0 Å². The Labute approximate surface area is 113 Å². The molecule has 1 rings (SSSR count). The Balaban J connectivity index is 3.58. The number of rotatable bonds is 3. The normalized spacial score (nSPS) is 12.6. The van der Waals surface area contributed by atoms with Gasteiger partial charge in [0.2, 0.25) is 0 Å². The molecular weight excluding hydrogens is 309 g/mol. The smallest absolute Gasteiger partial charge is 0.195 e. The van der Waals surface area contributed by atoms with Crippen LogP contribution in [-0.4, -0.2) is 5.11 Å². The van der Waals surface area contributed by atoms with E-state index in [4.69, 9.17) is 0 Å². The lowest BCUT2D eigenvalue weighted by Gasteiger charge is -2.37. The van der Waals surface area contributed by atoms with Crippen LogP contribution in [0.4, 0.5) is 13.2 Å². The molecule has 0 saturated carbocycles. The van der Waals surface area contributed by atoms with Crippen molar-refractivity contribution in [3.8, 4) is 0 Å². The molecule has 0 aliphatic heterocycles. The SMILES string of the molecule is CC(C)C(O)(c1cc(Br)c(F)c(F)c1F)C(C)C. The van der Waals surface area contributed by atoms with E-state index in [0.29, 0.717) is 0 Å². The molecule has 0 spiro atoms. The Morgan fingerprint density at radius 1 is 1.00 bits per heavy atom. The van der Waals surface area contributed by atoms with Gasteiger partial charge >= 0.3 is 0 Å². The number of halogens is 4. The van der Waals surface area contributed by atoms with Crippen LogP contribution in [0.1, 0.15) is 33.3 Å². The van der Waals surface area contributed by atoms with Crippen molar-refractivity contribution in [3.05, 3.63) is 33.6 Å². The third-order valence-electron chi connectivity index (χ3n) is 3.29. The number of hydrogen-bond donors (Lipinski definition) is 1. The molecule has 0 saturated heterocycles. The standard InChI is InChI=1S/C13H16BrF3O/c1-6(2)13(18,7(3)4)8-5-9(14)11(16)12(17)10(8)15/h5-7,18H,1-4H3. The fraction of sp³-hybridized carbons (Fsp3) is 0.538. The second-order valence-corrected chi connectivity index (χ2v) is 5.84. The van der Waals surface area contributed by atoms with Crippen molar-refractivity contribution in [2.24, 2.45) is 11.8 Å². The minimum absolute atomic E-state index is 0.198. The number of aliphatic hydroxyl groups is 1. The van der Waals surface area contributed by atoms with E-state index in [9.17, 15) is 18.3 Å². The highest BCUT2D eigenvalue weighted by molar-refractivity contribution is 9.10. The minimum atomic E-state index is -1.57. The molecule has 1 nitrogen and oxygen atoms in total. The molecule has 102 valence electrons. The first kappa shape index (κ1) is 15.5. The van der Waals surface area contributed by atoms with E-state index in [2.05, 4.69) is 15.9 Å². The molecule has 0 atom stereocenters. The molecule has 0 aromatic heterocycles. The van der Waals surface area contributed by atoms with Gasteiger partial charge in [-0.25, -0.2) is 13.2 Å². The van der Waals surface area contributed by atoms with Crippen LogP contribution < -0.4 is 0 Å². The van der Waals surface area contributed by atoms with Crippen LogP contribution in [0.3, 0.4) is 0 Å². The van der Waals surface area contributed by atoms with Gasteiger partial charge in [0.25, 0.3) is 0 Å². The van der Waals surface area contributed by atoms with Crippen LogP contribution in [-0.2, 0) is 5.60 Å². The molecule has 1 N–H and O–H groups in total. The zero-order chi connectivity index (χ0) is 14.2. The maximum Gasteiger partial charge on any atom is 0.195 e. The lowest BCUT2D eigenvalue weighted by atomic mass is 9.75. The second kappa shape index (κ2) is 5.21. The molecule has 0 fully saturated rings. The van der Waals surface area contributed by atoms with Crippen molar-refractivity contribution in [1.82, 2.24) is 0 Å². The number of hydrogen-bond acceptors (Lipinski definition) is 1. The first-order valence-electron chi connectivity index (χ1n) is 5.69. The van der Waals surface area contributed by atoms with Gasteiger partial charge in [-0.2, -0.15) is 0 Å². The van der Waals surface area contributed by atoms with Crippen LogP contribution in [0.15, 0.2) is 10.5 Å². The lowest BCUT2D eigenvalue weighted by Crippen LogP contribution is -2.39. The van der Waals surface area contributed by atoms with Gasteiger partial charge in [-0.05, 0) is 33.8 Å². The summed E-state index contributed by atoms with van der Waals surface area (Å²) in [6.45, 7) is 6.81. The first-order chi connectivity index (χ1) is 8.13. The van der Waals surface area contributed by atoms with Crippen LogP contribution in [0.2, 0.25) is 0 Å². The van der Waals surface area contributed by atoms with Crippen molar-refractivity contribution in [2.75, 3.05) is 0 Å². The second-order valence-electron chi connectivity index (χ2n) is 4.98. The summed E-state index contributed by atoms with van der Waals surface area (Å²) in [6.07, 6.45) is 0. The van der Waals surface area contributed by atoms with Gasteiger partial charge in [-0.3, -0.25) is 0 Å². The van der Waals surface area contributed by atoms with Gasteiger partial charge < -0.3 is 5.11 Å². The summed E-state index contributed by atoms with van der Waals surface area (Å²) in [5, 5.41) is 10.6. The molecule has 18 heavy (non-hydrogen) atoms. The summed E-state index contributed by atoms with van der Waals surface area (Å²) >= 11 is 2.83. The fourth-order valence-corrected chi connectivity index (χ4v) is 2.56. The van der Waals surface area contributed by atoms with E-state index in [-0.39, 0.29) is 21.9 Å². The van der Waals surface area contributed by atoms with Crippen molar-refractivity contribution in [2.45, 2.75) is 33.3 Å². The average molecular weight is 325 g/mol. The highest BCUT2D eigenvalue weighted by Gasteiger charge is 2.40. The largest absolute Gasteiger partial charge is 0.385 e. The molecule has 5 heteroatoms. The van der Waals surface area contributed by atoms with Gasteiger partial charge in [0.15, 0.2) is 17.5 Å². The fourth-order valence-electron chi connectivity index (χ4n) is 2.15. The third-order valence-corrected chi connectivity index (χ3v) is 3.87. The van der Waals surface area contributed by atoms with E-state index in [1.54, 1.807) is 27.7 Å². The predicted molar refractivity (Wildman–Crippen MR) is 67.6 cm³/mol. The van der Waals surface area contributed by atoms with Gasteiger partial charge in [-0.1, -0.05) is 27.7 Å². The third kappa shape index (κ3) is 2.30. The van der Waals surface area contributed by atoms with Gasteiger partial charge in [0.1, 0.15) is 0 Å². The van der Waals surface area contributed by atoms with Gasteiger partial charge in [-0.15, -0.1) is 0 Å². The zero-order valence-corrected chi connectivity index (χ0v) is 12.3. The van der Waals surface area contributed by atoms with Crippen LogP contribution in [0.25, 0.3) is 0 Å². The van der Waals surface area contributed by atoms with Crippen molar-refractivity contribution < 1.29 is 18.3 Å². The zero-order valence-electron chi connectivity index (χ0n) is 10.7. The summed E-state index contributed by atoms with van der Waals surface area (Å²) in [7, 11) is 0. The summed E-state index contributed by atoms with van der Waals surface area (Å²) in [5.74, 6) is -4.88. The van der Waals surface area contributed by atoms with E-state index >= 15 is 0 Å². The van der Waals surface area contributed by atoms with Crippen molar-refractivity contribution in [3.63, 3.8) is 0 Å². The average Bonchev–Trinajstić information content (AvgIpc) is 2.29. The molecule has 1 aromatic rings. The van der Waals surface area contributed by atoms with Gasteiger partial charge in [0, 0.05) is 5.56 Å². The molecule has 0 heterocycles. The Hall–Kier alpha value is -0.550. The Kier molecular flexibility index (Phi) is 4.49. The molecule has 0 unspecified atom stereocenters. The molecular formula is C13H16BrF3O. The molecule has 0 radical (unpaired) electrons. The maximum atomic E-state index is 13.9. The Bertz CT molecular complexity index is 450. The van der Waals surface area contributed by atoms with Crippen LogP contribution in [0, 0.1) is 29.3 Å². The maximum absolute atomic E-state index is 13.9. The summed E-state index contributed by atoms with van der Waals surface area (Å²) in [4.78, 5) is 0. The van der Waals surface area contributed by atoms with Crippen molar-refractivity contribution in [1.29, 1.82) is 0 Å². The predicted octanol–water partition coefficient (Wildman–Crippen LogP) is 4.37. The summed E-state index contributed by atoms with van der Waals surface area (Å²) < 4.78 is 40.3. The minimum Gasteiger partial charge on any atom is -0.385 e. The highest BCUT2D eigenvalue weighted by atomic mass is 79.9. The van der Waals surface area contributed by atoms with Gasteiger partial charge in [0.05, 0.1) is 10.1 Å².